The van der Waals surface area contributed by atoms with Gasteiger partial charge in [-0.2, -0.15) is 0 Å². The summed E-state index contributed by atoms with van der Waals surface area (Å²) in [7, 11) is 1.70. The van der Waals surface area contributed by atoms with Crippen LogP contribution in [0.3, 0.4) is 0 Å². The van der Waals surface area contributed by atoms with Crippen molar-refractivity contribution in [2.75, 3.05) is 18.8 Å². The fourth-order valence-electron chi connectivity index (χ4n) is 3.43. The number of carbonyl (C=O) groups excluding carboxylic acids is 1. The molecule has 0 saturated carbocycles. The molecule has 26 heavy (non-hydrogen) atoms. The molecule has 7 heteroatoms. The number of likely N-dealkylation sites (tertiary alicyclic amines) is 1. The van der Waals surface area contributed by atoms with Crippen molar-refractivity contribution in [3.8, 4) is 0 Å². The van der Waals surface area contributed by atoms with E-state index in [1.807, 2.05) is 29.2 Å². The first-order chi connectivity index (χ1) is 12.5. The first-order valence-corrected chi connectivity index (χ1v) is 9.91. The maximum Gasteiger partial charge on any atom is 0.278 e. The Balaban J connectivity index is 1.60. The number of nitrogens with one attached hydrogen (secondary N) is 1. The third kappa shape index (κ3) is 3.00. The SMILES string of the molecule is CC1CCN(C(=O)CSc2nc3c([nH]c4ccccc43)c(=O)n2C)CC1. The second kappa shape index (κ2) is 6.79. The highest BCUT2D eigenvalue weighted by molar-refractivity contribution is 7.99. The molecule has 0 bridgehead atoms. The Morgan fingerprint density at radius 3 is 2.81 bits per heavy atom. The number of aromatic amines is 1. The standard InChI is InChI=1S/C19H22N4O2S/c1-12-7-9-23(10-8-12)15(24)11-26-19-21-16-13-5-3-4-6-14(13)20-17(16)18(25)22(19)2/h3-6,12,20H,7-11H2,1-2H3. The van der Waals surface area contributed by atoms with Crippen LogP contribution in [0.25, 0.3) is 21.9 Å². The lowest BCUT2D eigenvalue weighted by Gasteiger charge is -2.30. The van der Waals surface area contributed by atoms with Crippen LogP contribution < -0.4 is 5.56 Å². The molecule has 0 atom stereocenters. The van der Waals surface area contributed by atoms with Crippen molar-refractivity contribution in [2.45, 2.75) is 24.9 Å². The molecule has 1 fully saturated rings. The summed E-state index contributed by atoms with van der Waals surface area (Å²) in [5.74, 6) is 1.12. The zero-order valence-electron chi connectivity index (χ0n) is 15.0. The molecule has 1 N–H and O–H groups in total. The van der Waals surface area contributed by atoms with Gasteiger partial charge in [0.25, 0.3) is 5.56 Å². The summed E-state index contributed by atoms with van der Waals surface area (Å²) < 4.78 is 1.52. The van der Waals surface area contributed by atoms with Crippen LogP contribution in [0.2, 0.25) is 0 Å². The molecule has 1 aliphatic heterocycles. The summed E-state index contributed by atoms with van der Waals surface area (Å²) in [4.78, 5) is 34.9. The summed E-state index contributed by atoms with van der Waals surface area (Å²) >= 11 is 1.34. The molecule has 0 aliphatic carbocycles. The van der Waals surface area contributed by atoms with Crippen molar-refractivity contribution in [1.82, 2.24) is 19.4 Å². The number of carbonyl (C=O) groups is 1. The van der Waals surface area contributed by atoms with Gasteiger partial charge in [-0.25, -0.2) is 4.98 Å². The van der Waals surface area contributed by atoms with Gasteiger partial charge in [0.15, 0.2) is 5.16 Å². The van der Waals surface area contributed by atoms with Gasteiger partial charge < -0.3 is 9.88 Å². The Morgan fingerprint density at radius 2 is 2.04 bits per heavy atom. The van der Waals surface area contributed by atoms with Gasteiger partial charge in [-0.05, 0) is 24.8 Å². The van der Waals surface area contributed by atoms with Gasteiger partial charge >= 0.3 is 0 Å². The van der Waals surface area contributed by atoms with E-state index in [1.165, 1.54) is 16.3 Å². The van der Waals surface area contributed by atoms with E-state index in [0.29, 0.717) is 27.9 Å². The molecule has 136 valence electrons. The third-order valence-electron chi connectivity index (χ3n) is 5.15. The molecule has 2 aromatic heterocycles. The van der Waals surface area contributed by atoms with E-state index in [1.54, 1.807) is 7.05 Å². The number of benzene rings is 1. The molecule has 1 saturated heterocycles. The van der Waals surface area contributed by atoms with Crippen molar-refractivity contribution in [3.05, 3.63) is 34.6 Å². The zero-order valence-corrected chi connectivity index (χ0v) is 15.8. The summed E-state index contributed by atoms with van der Waals surface area (Å²) in [6, 6.07) is 7.75. The van der Waals surface area contributed by atoms with Crippen LogP contribution in [-0.4, -0.2) is 44.2 Å². The summed E-state index contributed by atoms with van der Waals surface area (Å²) in [5, 5.41) is 1.50. The minimum absolute atomic E-state index is 0.118. The van der Waals surface area contributed by atoms with Crippen LogP contribution in [0.4, 0.5) is 0 Å². The van der Waals surface area contributed by atoms with Crippen molar-refractivity contribution < 1.29 is 4.79 Å². The third-order valence-corrected chi connectivity index (χ3v) is 6.17. The van der Waals surface area contributed by atoms with Gasteiger partial charge in [-0.1, -0.05) is 36.9 Å². The second-order valence-corrected chi connectivity index (χ2v) is 7.95. The predicted molar refractivity (Wildman–Crippen MR) is 105 cm³/mol. The quantitative estimate of drug-likeness (QED) is 0.568. The van der Waals surface area contributed by atoms with Crippen molar-refractivity contribution in [3.63, 3.8) is 0 Å². The molecule has 4 rings (SSSR count). The zero-order chi connectivity index (χ0) is 18.3. The first-order valence-electron chi connectivity index (χ1n) is 8.92. The topological polar surface area (TPSA) is 71.0 Å². The number of fused-ring (bicyclic) bond motifs is 3. The van der Waals surface area contributed by atoms with E-state index >= 15 is 0 Å². The second-order valence-electron chi connectivity index (χ2n) is 7.00. The molecular weight excluding hydrogens is 348 g/mol. The van der Waals surface area contributed by atoms with Crippen LogP contribution in [0, 0.1) is 5.92 Å². The van der Waals surface area contributed by atoms with E-state index in [2.05, 4.69) is 16.9 Å². The normalized spacial score (nSPS) is 15.8. The van der Waals surface area contributed by atoms with Gasteiger partial charge in [0, 0.05) is 31.0 Å². The molecule has 0 spiro atoms. The van der Waals surface area contributed by atoms with Crippen LogP contribution >= 0.6 is 11.8 Å². The Morgan fingerprint density at radius 1 is 1.31 bits per heavy atom. The van der Waals surface area contributed by atoms with Crippen molar-refractivity contribution in [1.29, 1.82) is 0 Å². The Bertz CT molecular complexity index is 1030. The van der Waals surface area contributed by atoms with Gasteiger partial charge in [-0.3, -0.25) is 14.2 Å². The van der Waals surface area contributed by atoms with Gasteiger partial charge in [0.1, 0.15) is 11.0 Å². The smallest absolute Gasteiger partial charge is 0.278 e. The van der Waals surface area contributed by atoms with Crippen LogP contribution in [-0.2, 0) is 11.8 Å². The molecule has 1 aromatic carbocycles. The molecular formula is C19H22N4O2S. The number of thioether (sulfide) groups is 1. The maximum absolute atomic E-state index is 12.7. The van der Waals surface area contributed by atoms with E-state index in [4.69, 9.17) is 0 Å². The highest BCUT2D eigenvalue weighted by Crippen LogP contribution is 2.24. The maximum atomic E-state index is 12.7. The molecule has 0 unspecified atom stereocenters. The number of para-hydroxylation sites is 1. The number of nitrogens with zero attached hydrogens (tertiary/aromatic N) is 3. The lowest BCUT2D eigenvalue weighted by molar-refractivity contribution is -0.129. The molecule has 6 nitrogen and oxygen atoms in total. The van der Waals surface area contributed by atoms with E-state index in [-0.39, 0.29) is 11.5 Å². The summed E-state index contributed by atoms with van der Waals surface area (Å²) in [6.07, 6.45) is 2.13. The van der Waals surface area contributed by atoms with Crippen molar-refractivity contribution in [2.24, 2.45) is 13.0 Å². The average molecular weight is 370 g/mol. The van der Waals surface area contributed by atoms with E-state index in [9.17, 15) is 9.59 Å². The molecule has 3 aromatic rings. The molecule has 3 heterocycles. The fraction of sp³-hybridized carbons (Fsp3) is 0.421. The average Bonchev–Trinajstić information content (AvgIpc) is 3.02. The number of hydrogen-bond acceptors (Lipinski definition) is 4. The first kappa shape index (κ1) is 17.1. The Labute approximate surface area is 155 Å². The number of H-pyrrole nitrogens is 1. The van der Waals surface area contributed by atoms with Crippen LogP contribution in [0.1, 0.15) is 19.8 Å². The fourth-order valence-corrected chi connectivity index (χ4v) is 4.30. The van der Waals surface area contributed by atoms with Gasteiger partial charge in [0.05, 0.1) is 5.75 Å². The van der Waals surface area contributed by atoms with Gasteiger partial charge in [-0.15, -0.1) is 0 Å². The number of piperidine rings is 1. The summed E-state index contributed by atoms with van der Waals surface area (Å²) in [6.45, 7) is 3.88. The van der Waals surface area contributed by atoms with E-state index < -0.39 is 0 Å². The lowest BCUT2D eigenvalue weighted by Crippen LogP contribution is -2.39. The van der Waals surface area contributed by atoms with Gasteiger partial charge in [0.2, 0.25) is 5.91 Å². The molecule has 1 amide bonds. The highest BCUT2D eigenvalue weighted by Gasteiger charge is 2.21. The minimum Gasteiger partial charge on any atom is -0.349 e. The highest BCUT2D eigenvalue weighted by atomic mass is 32.2. The van der Waals surface area contributed by atoms with Crippen molar-refractivity contribution >= 4 is 39.6 Å². The Kier molecular flexibility index (Phi) is 4.48. The largest absolute Gasteiger partial charge is 0.349 e. The predicted octanol–water partition coefficient (Wildman–Crippen LogP) is 2.77. The van der Waals surface area contributed by atoms with E-state index in [0.717, 1.165) is 36.8 Å². The summed E-state index contributed by atoms with van der Waals surface area (Å²) in [5.41, 5.74) is 1.96. The minimum atomic E-state index is -0.118. The Hall–Kier alpha value is -2.28. The van der Waals surface area contributed by atoms with Crippen LogP contribution in [0.5, 0.6) is 0 Å². The number of aromatic nitrogens is 3. The number of hydrogen-bond donors (Lipinski definition) is 1. The monoisotopic (exact) mass is 370 g/mol. The number of amides is 1. The number of rotatable bonds is 3. The van der Waals surface area contributed by atoms with Crippen LogP contribution in [0.15, 0.2) is 34.2 Å². The molecule has 1 aliphatic rings. The lowest BCUT2D eigenvalue weighted by atomic mass is 9.99. The molecule has 0 radical (unpaired) electrons.